The third-order valence-electron chi connectivity index (χ3n) is 4.26. The Kier molecular flexibility index (Phi) is 8.01. The minimum Gasteiger partial charge on any atom is -0.357 e. The third kappa shape index (κ3) is 5.18. The zero-order chi connectivity index (χ0) is 18.4. The summed E-state index contributed by atoms with van der Waals surface area (Å²) in [6.45, 7) is 7.01. The zero-order valence-electron chi connectivity index (χ0n) is 16.0. The summed E-state index contributed by atoms with van der Waals surface area (Å²) < 4.78 is 4.15. The molecule has 2 heterocycles. The van der Waals surface area contributed by atoms with E-state index < -0.39 is 0 Å². The van der Waals surface area contributed by atoms with Gasteiger partial charge in [-0.25, -0.2) is 9.98 Å². The van der Waals surface area contributed by atoms with Gasteiger partial charge in [0, 0.05) is 33.1 Å². The summed E-state index contributed by atoms with van der Waals surface area (Å²) in [5.41, 5.74) is 2.12. The summed E-state index contributed by atoms with van der Waals surface area (Å²) in [5.74, 6) is 2.72. The van der Waals surface area contributed by atoms with Gasteiger partial charge >= 0.3 is 0 Å². The van der Waals surface area contributed by atoms with Gasteiger partial charge in [0.05, 0.1) is 11.0 Å². The van der Waals surface area contributed by atoms with Crippen LogP contribution in [0.3, 0.4) is 0 Å². The Balaban J connectivity index is 0.00000261. The van der Waals surface area contributed by atoms with Gasteiger partial charge in [0.15, 0.2) is 5.96 Å². The first kappa shape index (κ1) is 21.1. The quantitative estimate of drug-likeness (QED) is 0.306. The Morgan fingerprint density at radius 3 is 2.70 bits per heavy atom. The van der Waals surface area contributed by atoms with Crippen LogP contribution in [0.4, 0.5) is 0 Å². The summed E-state index contributed by atoms with van der Waals surface area (Å²) >= 11 is 0. The summed E-state index contributed by atoms with van der Waals surface area (Å²) in [7, 11) is 2.03. The molecular formula is C18H27IN8. The van der Waals surface area contributed by atoms with Crippen LogP contribution in [0.15, 0.2) is 35.6 Å². The molecule has 3 aromatic rings. The van der Waals surface area contributed by atoms with Crippen LogP contribution in [-0.2, 0) is 26.6 Å². The van der Waals surface area contributed by atoms with Crippen LogP contribution in [0.25, 0.3) is 11.0 Å². The molecule has 9 heteroatoms. The highest BCUT2D eigenvalue weighted by Gasteiger charge is 2.07. The number of aromatic nitrogens is 5. The van der Waals surface area contributed by atoms with E-state index in [0.29, 0.717) is 6.54 Å². The number of halogens is 1. The van der Waals surface area contributed by atoms with Crippen LogP contribution in [0.2, 0.25) is 0 Å². The maximum Gasteiger partial charge on any atom is 0.191 e. The van der Waals surface area contributed by atoms with Gasteiger partial charge in [0.2, 0.25) is 0 Å². The Morgan fingerprint density at radius 2 is 1.96 bits per heavy atom. The molecule has 0 saturated carbocycles. The molecule has 0 fully saturated rings. The topological polar surface area (TPSA) is 85.0 Å². The highest BCUT2D eigenvalue weighted by molar-refractivity contribution is 14.0. The van der Waals surface area contributed by atoms with E-state index in [-0.39, 0.29) is 24.0 Å². The molecule has 0 bridgehead atoms. The number of fused-ring (bicyclic) bond motifs is 1. The van der Waals surface area contributed by atoms with Crippen molar-refractivity contribution in [2.75, 3.05) is 13.1 Å². The average molecular weight is 482 g/mol. The zero-order valence-corrected chi connectivity index (χ0v) is 18.3. The number of imidazole rings is 1. The number of rotatable bonds is 7. The van der Waals surface area contributed by atoms with E-state index >= 15 is 0 Å². The van der Waals surface area contributed by atoms with Gasteiger partial charge in [-0.3, -0.25) is 0 Å². The van der Waals surface area contributed by atoms with Crippen molar-refractivity contribution in [2.45, 2.75) is 33.4 Å². The molecular weight excluding hydrogens is 455 g/mol. The molecule has 0 aliphatic carbocycles. The fourth-order valence-corrected chi connectivity index (χ4v) is 2.86. The molecule has 2 N–H and O–H groups in total. The molecule has 0 unspecified atom stereocenters. The summed E-state index contributed by atoms with van der Waals surface area (Å²) in [6.07, 6.45) is 2.64. The van der Waals surface area contributed by atoms with Gasteiger partial charge in [-0.2, -0.15) is 0 Å². The lowest BCUT2D eigenvalue weighted by molar-refractivity contribution is 0.632. The molecule has 0 aliphatic rings. The number of para-hydroxylation sites is 2. The van der Waals surface area contributed by atoms with E-state index in [1.165, 1.54) is 0 Å². The van der Waals surface area contributed by atoms with Gasteiger partial charge < -0.3 is 19.8 Å². The van der Waals surface area contributed by atoms with Crippen LogP contribution in [0.5, 0.6) is 0 Å². The third-order valence-corrected chi connectivity index (χ3v) is 4.26. The molecule has 2 aromatic heterocycles. The van der Waals surface area contributed by atoms with Gasteiger partial charge in [0.25, 0.3) is 0 Å². The van der Waals surface area contributed by atoms with Crippen LogP contribution in [0, 0.1) is 0 Å². The SMILES string of the molecule is CCNC(=NCc1nc2ccccc2n1C)NCCn1cnnc1CC.I. The Bertz CT molecular complexity index is 883. The lowest BCUT2D eigenvalue weighted by Gasteiger charge is -2.12. The number of hydrogen-bond acceptors (Lipinski definition) is 4. The van der Waals surface area contributed by atoms with Crippen molar-refractivity contribution < 1.29 is 0 Å². The fraction of sp³-hybridized carbons (Fsp3) is 0.444. The first-order chi connectivity index (χ1) is 12.7. The molecule has 0 saturated heterocycles. The van der Waals surface area contributed by atoms with Gasteiger partial charge in [0.1, 0.15) is 24.5 Å². The molecule has 3 rings (SSSR count). The largest absolute Gasteiger partial charge is 0.357 e. The fourth-order valence-electron chi connectivity index (χ4n) is 2.86. The van der Waals surface area contributed by atoms with Crippen molar-refractivity contribution in [3.63, 3.8) is 0 Å². The summed E-state index contributed by atoms with van der Waals surface area (Å²) in [5, 5.41) is 14.7. The van der Waals surface area contributed by atoms with Crippen molar-refractivity contribution in [3.8, 4) is 0 Å². The maximum atomic E-state index is 4.67. The average Bonchev–Trinajstić information content (AvgIpc) is 3.24. The van der Waals surface area contributed by atoms with E-state index in [1.54, 1.807) is 6.33 Å². The molecule has 0 atom stereocenters. The second kappa shape index (κ2) is 10.2. The first-order valence-corrected chi connectivity index (χ1v) is 9.02. The minimum atomic E-state index is 0. The second-order valence-corrected chi connectivity index (χ2v) is 5.99. The number of aryl methyl sites for hydroxylation is 2. The molecule has 0 spiro atoms. The van der Waals surface area contributed by atoms with Crippen LogP contribution in [0.1, 0.15) is 25.5 Å². The van der Waals surface area contributed by atoms with Crippen molar-refractivity contribution >= 4 is 41.0 Å². The Morgan fingerprint density at radius 1 is 1.15 bits per heavy atom. The molecule has 8 nitrogen and oxygen atoms in total. The van der Waals surface area contributed by atoms with E-state index in [1.807, 2.05) is 25.2 Å². The van der Waals surface area contributed by atoms with Crippen molar-refractivity contribution in [2.24, 2.45) is 12.0 Å². The predicted octanol–water partition coefficient (Wildman–Crippen LogP) is 2.10. The normalized spacial score (nSPS) is 11.4. The monoisotopic (exact) mass is 482 g/mol. The lowest BCUT2D eigenvalue weighted by atomic mass is 10.3. The summed E-state index contributed by atoms with van der Waals surface area (Å²) in [4.78, 5) is 9.34. The first-order valence-electron chi connectivity index (χ1n) is 9.02. The van der Waals surface area contributed by atoms with Crippen molar-refractivity contribution in [1.29, 1.82) is 0 Å². The standard InChI is InChI=1S/C18H26N8.HI/c1-4-16-24-22-13-26(16)11-10-20-18(19-5-2)21-12-17-23-14-8-6-7-9-15(14)25(17)3;/h6-9,13H,4-5,10-12H2,1-3H3,(H2,19,20,21);1H. The van der Waals surface area contributed by atoms with Gasteiger partial charge in [-0.1, -0.05) is 19.1 Å². The maximum absolute atomic E-state index is 4.67. The Labute approximate surface area is 176 Å². The van der Waals surface area contributed by atoms with Crippen molar-refractivity contribution in [1.82, 2.24) is 34.9 Å². The number of hydrogen-bond donors (Lipinski definition) is 2. The highest BCUT2D eigenvalue weighted by Crippen LogP contribution is 2.14. The van der Waals surface area contributed by atoms with Gasteiger partial charge in [-0.15, -0.1) is 34.2 Å². The highest BCUT2D eigenvalue weighted by atomic mass is 127. The van der Waals surface area contributed by atoms with Gasteiger partial charge in [-0.05, 0) is 19.1 Å². The number of nitrogens with zero attached hydrogens (tertiary/aromatic N) is 6. The lowest BCUT2D eigenvalue weighted by Crippen LogP contribution is -2.39. The van der Waals surface area contributed by atoms with E-state index in [4.69, 9.17) is 0 Å². The van der Waals surface area contributed by atoms with Crippen LogP contribution < -0.4 is 10.6 Å². The second-order valence-electron chi connectivity index (χ2n) is 5.99. The molecule has 146 valence electrons. The van der Waals surface area contributed by atoms with Crippen molar-refractivity contribution in [3.05, 3.63) is 42.2 Å². The molecule has 27 heavy (non-hydrogen) atoms. The minimum absolute atomic E-state index is 0. The number of benzene rings is 1. The predicted molar refractivity (Wildman–Crippen MR) is 118 cm³/mol. The summed E-state index contributed by atoms with van der Waals surface area (Å²) in [6, 6.07) is 8.13. The molecule has 0 aliphatic heterocycles. The van der Waals surface area contributed by atoms with Crippen LogP contribution in [-0.4, -0.2) is 43.4 Å². The van der Waals surface area contributed by atoms with E-state index in [0.717, 1.165) is 54.7 Å². The molecule has 0 radical (unpaired) electrons. The molecule has 1 aromatic carbocycles. The molecule has 0 amide bonds. The smallest absolute Gasteiger partial charge is 0.191 e. The Hall–Kier alpha value is -2.17. The number of aliphatic imine (C=N–C) groups is 1. The van der Waals surface area contributed by atoms with E-state index in [9.17, 15) is 0 Å². The number of nitrogens with one attached hydrogen (secondary N) is 2. The van der Waals surface area contributed by atoms with Crippen LogP contribution >= 0.6 is 24.0 Å². The van der Waals surface area contributed by atoms with E-state index in [2.05, 4.69) is 59.9 Å². The number of guanidine groups is 1.